The van der Waals surface area contributed by atoms with Crippen LogP contribution in [0.3, 0.4) is 0 Å². The number of aliphatic hydroxyl groups is 2. The summed E-state index contributed by atoms with van der Waals surface area (Å²) >= 11 is 0. The average molecular weight is 656 g/mol. The third-order valence-corrected chi connectivity index (χ3v) is 8.70. The van der Waals surface area contributed by atoms with Crippen LogP contribution in [-0.2, 0) is 4.79 Å². The number of allylic oxidation sites excluding steroid dienone is 9. The molecule has 0 aromatic carbocycles. The van der Waals surface area contributed by atoms with Crippen molar-refractivity contribution in [1.29, 1.82) is 0 Å². The number of carbonyl (C=O) groups is 1. The summed E-state index contributed by atoms with van der Waals surface area (Å²) in [7, 11) is 0. The highest BCUT2D eigenvalue weighted by atomic mass is 16.3. The lowest BCUT2D eigenvalue weighted by Gasteiger charge is -2.19. The second-order valence-corrected chi connectivity index (χ2v) is 13.3. The molecule has 0 saturated heterocycles. The maximum atomic E-state index is 12.3. The molecule has 0 saturated carbocycles. The number of rotatable bonds is 35. The maximum Gasteiger partial charge on any atom is 0.220 e. The second-order valence-electron chi connectivity index (χ2n) is 13.3. The van der Waals surface area contributed by atoms with Crippen molar-refractivity contribution >= 4 is 5.91 Å². The second kappa shape index (κ2) is 38.5. The van der Waals surface area contributed by atoms with Gasteiger partial charge in [0.1, 0.15) is 0 Å². The molecule has 0 rings (SSSR count). The lowest BCUT2D eigenvalue weighted by molar-refractivity contribution is -0.123. The monoisotopic (exact) mass is 656 g/mol. The highest BCUT2D eigenvalue weighted by Gasteiger charge is 2.17. The van der Waals surface area contributed by atoms with Crippen molar-refractivity contribution in [1.82, 2.24) is 5.32 Å². The highest BCUT2D eigenvalue weighted by molar-refractivity contribution is 5.76. The Balaban J connectivity index is 3.72. The Hall–Kier alpha value is -1.91. The summed E-state index contributed by atoms with van der Waals surface area (Å²) in [6, 6.07) is -0.653. The summed E-state index contributed by atoms with van der Waals surface area (Å²) < 4.78 is 0. The van der Waals surface area contributed by atoms with Crippen molar-refractivity contribution in [3.8, 4) is 0 Å². The Morgan fingerprint density at radius 3 is 1.40 bits per heavy atom. The molecule has 3 N–H and O–H groups in total. The van der Waals surface area contributed by atoms with E-state index >= 15 is 0 Å². The maximum absolute atomic E-state index is 12.3. The predicted molar refractivity (Wildman–Crippen MR) is 207 cm³/mol. The van der Waals surface area contributed by atoms with Gasteiger partial charge in [-0.3, -0.25) is 4.79 Å². The van der Waals surface area contributed by atoms with Crippen LogP contribution in [0.2, 0.25) is 0 Å². The van der Waals surface area contributed by atoms with Crippen LogP contribution < -0.4 is 5.32 Å². The smallest absolute Gasteiger partial charge is 0.220 e. The van der Waals surface area contributed by atoms with Gasteiger partial charge in [0, 0.05) is 6.42 Å². The van der Waals surface area contributed by atoms with Gasteiger partial charge in [0.15, 0.2) is 0 Å². The molecule has 0 bridgehead atoms. The fraction of sp³-hybridized carbons (Fsp3) is 0.744. The van der Waals surface area contributed by atoms with E-state index < -0.39 is 12.1 Å². The number of aliphatic hydroxyl groups excluding tert-OH is 2. The van der Waals surface area contributed by atoms with E-state index in [-0.39, 0.29) is 12.5 Å². The molecule has 0 aliphatic heterocycles. The molecule has 0 aliphatic rings. The Kier molecular flexibility index (Phi) is 37.0. The van der Waals surface area contributed by atoms with Crippen LogP contribution in [0.15, 0.2) is 60.8 Å². The first kappa shape index (κ1) is 45.1. The van der Waals surface area contributed by atoms with Crippen LogP contribution >= 0.6 is 0 Å². The van der Waals surface area contributed by atoms with Gasteiger partial charge in [-0.05, 0) is 77.0 Å². The summed E-state index contributed by atoms with van der Waals surface area (Å²) in [5.74, 6) is -0.0948. The molecule has 2 unspecified atom stereocenters. The molecule has 0 aliphatic carbocycles. The molecule has 4 heteroatoms. The van der Waals surface area contributed by atoms with Crippen molar-refractivity contribution < 1.29 is 15.0 Å². The first-order valence-corrected chi connectivity index (χ1v) is 20.0. The third kappa shape index (κ3) is 35.2. The molecule has 0 fully saturated rings. The van der Waals surface area contributed by atoms with E-state index in [2.05, 4.69) is 67.8 Å². The zero-order valence-corrected chi connectivity index (χ0v) is 31.0. The van der Waals surface area contributed by atoms with E-state index in [9.17, 15) is 15.0 Å². The summed E-state index contributed by atoms with van der Waals surface area (Å²) in [6.45, 7) is 4.25. The van der Waals surface area contributed by atoms with E-state index in [0.717, 1.165) is 57.8 Å². The van der Waals surface area contributed by atoms with Crippen LogP contribution in [0, 0.1) is 0 Å². The van der Waals surface area contributed by atoms with Crippen molar-refractivity contribution in [3.63, 3.8) is 0 Å². The van der Waals surface area contributed by atoms with Crippen molar-refractivity contribution in [2.45, 2.75) is 199 Å². The Bertz CT molecular complexity index is 797. The van der Waals surface area contributed by atoms with Gasteiger partial charge in [0.25, 0.3) is 0 Å². The summed E-state index contributed by atoms with van der Waals surface area (Å²) in [5.41, 5.74) is 0. The molecule has 0 radical (unpaired) electrons. The van der Waals surface area contributed by atoms with Crippen LogP contribution in [0.4, 0.5) is 0 Å². The summed E-state index contributed by atoms with van der Waals surface area (Å²) in [5, 5.41) is 22.9. The number of carbonyl (C=O) groups excluding carboxylic acids is 1. The number of unbranched alkanes of at least 4 members (excludes halogenated alkanes) is 20. The van der Waals surface area contributed by atoms with Crippen LogP contribution in [0.5, 0.6) is 0 Å². The van der Waals surface area contributed by atoms with Gasteiger partial charge in [-0.1, -0.05) is 164 Å². The molecular weight excluding hydrogens is 578 g/mol. The van der Waals surface area contributed by atoms with Crippen LogP contribution in [-0.4, -0.2) is 34.9 Å². The van der Waals surface area contributed by atoms with Crippen molar-refractivity contribution in [2.75, 3.05) is 6.61 Å². The number of hydrogen-bond donors (Lipinski definition) is 3. The van der Waals surface area contributed by atoms with Crippen molar-refractivity contribution in [2.24, 2.45) is 0 Å². The predicted octanol–water partition coefficient (Wildman–Crippen LogP) is 12.2. The highest BCUT2D eigenvalue weighted by Crippen LogP contribution is 2.12. The first-order chi connectivity index (χ1) is 23.2. The van der Waals surface area contributed by atoms with Gasteiger partial charge in [-0.2, -0.15) is 0 Å². The standard InChI is InChI=1S/C43H77NO3/c1-3-5-7-9-11-13-15-17-19-20-21-22-23-25-26-28-30-32-34-36-38-42(46)41(40-45)44-43(47)39-37-35-33-31-29-27-24-18-16-14-12-10-8-6-4-2/h12,14,18,22-24,28,30,36,38,41-42,45-46H,3-11,13,15-17,19-21,25-27,29,31-35,37,39-40H2,1-2H3,(H,44,47)/b14-12-,23-22+,24-18-,30-28+,38-36+. The van der Waals surface area contributed by atoms with E-state index in [1.165, 1.54) is 109 Å². The number of hydrogen-bond acceptors (Lipinski definition) is 3. The van der Waals surface area contributed by atoms with Crippen LogP contribution in [0.1, 0.15) is 187 Å². The Morgan fingerprint density at radius 2 is 0.894 bits per heavy atom. The normalized spacial score (nSPS) is 13.7. The van der Waals surface area contributed by atoms with E-state index in [1.807, 2.05) is 6.08 Å². The molecule has 2 atom stereocenters. The van der Waals surface area contributed by atoms with Gasteiger partial charge in [0.2, 0.25) is 5.91 Å². The Morgan fingerprint density at radius 1 is 0.511 bits per heavy atom. The lowest BCUT2D eigenvalue weighted by Crippen LogP contribution is -2.45. The Labute approximate surface area is 292 Å². The molecule has 0 spiro atoms. The van der Waals surface area contributed by atoms with E-state index in [0.29, 0.717) is 6.42 Å². The van der Waals surface area contributed by atoms with E-state index in [4.69, 9.17) is 0 Å². The molecular formula is C43H77NO3. The fourth-order valence-corrected chi connectivity index (χ4v) is 5.59. The van der Waals surface area contributed by atoms with Crippen molar-refractivity contribution in [3.05, 3.63) is 60.8 Å². The van der Waals surface area contributed by atoms with E-state index in [1.54, 1.807) is 6.08 Å². The minimum atomic E-state index is -0.877. The van der Waals surface area contributed by atoms with Crippen LogP contribution in [0.25, 0.3) is 0 Å². The van der Waals surface area contributed by atoms with Gasteiger partial charge >= 0.3 is 0 Å². The number of nitrogens with one attached hydrogen (secondary N) is 1. The largest absolute Gasteiger partial charge is 0.394 e. The number of amides is 1. The molecule has 0 aromatic rings. The minimum absolute atomic E-state index is 0.0948. The molecule has 0 heterocycles. The lowest BCUT2D eigenvalue weighted by atomic mass is 10.1. The van der Waals surface area contributed by atoms with Gasteiger partial charge in [-0.15, -0.1) is 0 Å². The fourth-order valence-electron chi connectivity index (χ4n) is 5.59. The summed E-state index contributed by atoms with van der Waals surface area (Å²) in [6.07, 6.45) is 53.1. The zero-order chi connectivity index (χ0) is 34.3. The first-order valence-electron chi connectivity index (χ1n) is 20.0. The third-order valence-electron chi connectivity index (χ3n) is 8.70. The minimum Gasteiger partial charge on any atom is -0.394 e. The molecule has 0 aromatic heterocycles. The molecule has 4 nitrogen and oxygen atoms in total. The summed E-state index contributed by atoms with van der Waals surface area (Å²) in [4.78, 5) is 12.3. The van der Waals surface area contributed by atoms with Gasteiger partial charge < -0.3 is 15.5 Å². The molecule has 272 valence electrons. The quantitative estimate of drug-likeness (QED) is 0.0470. The molecule has 1 amide bonds. The topological polar surface area (TPSA) is 69.6 Å². The SMILES string of the molecule is CCCCC/C=C\C/C=C\CCCCCCCC(=O)NC(CO)C(O)/C=C/CC/C=C/CC/C=C/CCCCCCCCCCCC. The van der Waals surface area contributed by atoms with Gasteiger partial charge in [-0.25, -0.2) is 0 Å². The molecule has 47 heavy (non-hydrogen) atoms. The average Bonchev–Trinajstić information content (AvgIpc) is 3.07. The van der Waals surface area contributed by atoms with Gasteiger partial charge in [0.05, 0.1) is 18.8 Å². The zero-order valence-electron chi connectivity index (χ0n) is 31.0.